The molecule has 118 valence electrons. The minimum absolute atomic E-state index is 0.0950. The number of aliphatic hydroxyl groups is 1. The maximum absolute atomic E-state index is 12.0. The quantitative estimate of drug-likeness (QED) is 0.790. The average molecular weight is 321 g/mol. The first-order valence-electron chi connectivity index (χ1n) is 7.00. The second-order valence-corrected chi connectivity index (χ2v) is 6.72. The van der Waals surface area contributed by atoms with Crippen molar-refractivity contribution in [2.24, 2.45) is 0 Å². The van der Waals surface area contributed by atoms with Gasteiger partial charge in [-0.15, -0.1) is 0 Å². The van der Waals surface area contributed by atoms with Gasteiger partial charge in [-0.05, 0) is 43.5 Å². The lowest BCUT2D eigenvalue weighted by molar-refractivity contribution is 0.103. The van der Waals surface area contributed by atoms with Gasteiger partial charge in [0.1, 0.15) is 0 Å². The van der Waals surface area contributed by atoms with Crippen molar-refractivity contribution < 1.29 is 17.7 Å². The molecule has 2 aromatic rings. The highest BCUT2D eigenvalue weighted by Gasteiger charge is 2.17. The molecule has 0 aliphatic heterocycles. The van der Waals surface area contributed by atoms with Crippen LogP contribution in [0.2, 0.25) is 0 Å². The van der Waals surface area contributed by atoms with Gasteiger partial charge in [-0.25, -0.2) is 0 Å². The van der Waals surface area contributed by atoms with Gasteiger partial charge in [0, 0.05) is 12.4 Å². The van der Waals surface area contributed by atoms with Gasteiger partial charge in [0.05, 0.1) is 17.6 Å². The normalized spacial score (nSPS) is 13.0. The molecule has 0 amide bonds. The number of hydrogen-bond donors (Lipinski definition) is 1. The van der Waals surface area contributed by atoms with Crippen molar-refractivity contribution in [3.05, 3.63) is 59.9 Å². The number of hydrogen-bond acceptors (Lipinski definition) is 5. The Labute approximate surface area is 130 Å². The summed E-state index contributed by atoms with van der Waals surface area (Å²) in [4.78, 5) is 4.08. The van der Waals surface area contributed by atoms with Crippen LogP contribution in [-0.4, -0.2) is 31.2 Å². The number of rotatable bonds is 7. The summed E-state index contributed by atoms with van der Waals surface area (Å²) in [5.41, 5.74) is 1.96. The summed E-state index contributed by atoms with van der Waals surface area (Å²) in [7, 11) is -3.83. The van der Waals surface area contributed by atoms with E-state index in [9.17, 15) is 13.5 Å². The van der Waals surface area contributed by atoms with Crippen molar-refractivity contribution in [3.63, 3.8) is 0 Å². The number of aromatic nitrogens is 1. The number of benzene rings is 1. The molecule has 1 aromatic carbocycles. The van der Waals surface area contributed by atoms with Crippen LogP contribution >= 0.6 is 0 Å². The fourth-order valence-electron chi connectivity index (χ4n) is 1.90. The zero-order chi connectivity index (χ0) is 16.0. The third-order valence-corrected chi connectivity index (χ3v) is 4.51. The summed E-state index contributed by atoms with van der Waals surface area (Å²) >= 11 is 0. The Balaban J connectivity index is 1.85. The largest absolute Gasteiger partial charge is 0.391 e. The Bertz CT molecular complexity index is 684. The fourth-order valence-corrected chi connectivity index (χ4v) is 2.85. The van der Waals surface area contributed by atoms with Crippen LogP contribution in [0.3, 0.4) is 0 Å². The van der Waals surface area contributed by atoms with Crippen LogP contribution in [0.25, 0.3) is 0 Å². The monoisotopic (exact) mass is 321 g/mol. The van der Waals surface area contributed by atoms with E-state index in [4.69, 9.17) is 4.18 Å². The zero-order valence-electron chi connectivity index (χ0n) is 12.3. The molecule has 0 radical (unpaired) electrons. The summed E-state index contributed by atoms with van der Waals surface area (Å²) in [5.74, 6) is 0. The van der Waals surface area contributed by atoms with E-state index in [1.807, 2.05) is 19.1 Å². The zero-order valence-corrected chi connectivity index (χ0v) is 13.2. The minimum Gasteiger partial charge on any atom is -0.391 e. The second-order valence-electron chi connectivity index (χ2n) is 5.11. The SMILES string of the molecule is Cc1ccc(S(=O)(=O)OC[C@@H](O)CCc2cccnc2)cc1. The molecular formula is C16H19NO4S. The van der Waals surface area contributed by atoms with Crippen molar-refractivity contribution in [2.45, 2.75) is 30.8 Å². The maximum atomic E-state index is 12.0. The van der Waals surface area contributed by atoms with Crippen molar-refractivity contribution in [1.82, 2.24) is 4.98 Å². The first-order chi connectivity index (χ1) is 10.5. The van der Waals surface area contributed by atoms with Crippen molar-refractivity contribution >= 4 is 10.1 Å². The van der Waals surface area contributed by atoms with Gasteiger partial charge in [-0.3, -0.25) is 9.17 Å². The van der Waals surface area contributed by atoms with Gasteiger partial charge in [0.25, 0.3) is 10.1 Å². The molecule has 22 heavy (non-hydrogen) atoms. The molecule has 0 saturated heterocycles. The van der Waals surface area contributed by atoms with Gasteiger partial charge in [0.15, 0.2) is 0 Å². The van der Waals surface area contributed by atoms with E-state index in [0.29, 0.717) is 12.8 Å². The highest BCUT2D eigenvalue weighted by molar-refractivity contribution is 7.86. The first-order valence-corrected chi connectivity index (χ1v) is 8.41. The second kappa shape index (κ2) is 7.49. The predicted octanol–water partition coefficient (Wildman–Crippen LogP) is 2.09. The van der Waals surface area contributed by atoms with Crippen LogP contribution in [0.15, 0.2) is 53.7 Å². The average Bonchev–Trinajstić information content (AvgIpc) is 2.52. The number of nitrogens with zero attached hydrogens (tertiary/aromatic N) is 1. The molecule has 1 aromatic heterocycles. The van der Waals surface area contributed by atoms with Crippen LogP contribution < -0.4 is 0 Å². The molecule has 6 heteroatoms. The van der Waals surface area contributed by atoms with E-state index in [1.54, 1.807) is 24.5 Å². The predicted molar refractivity (Wildman–Crippen MR) is 82.9 cm³/mol. The van der Waals surface area contributed by atoms with Crippen molar-refractivity contribution in [2.75, 3.05) is 6.61 Å². The molecule has 0 spiro atoms. The molecule has 0 bridgehead atoms. The third-order valence-electron chi connectivity index (χ3n) is 3.21. The first kappa shape index (κ1) is 16.6. The highest BCUT2D eigenvalue weighted by Crippen LogP contribution is 2.14. The van der Waals surface area contributed by atoms with Gasteiger partial charge in [-0.2, -0.15) is 8.42 Å². The number of aliphatic hydroxyl groups excluding tert-OH is 1. The topological polar surface area (TPSA) is 76.5 Å². The Kier molecular flexibility index (Phi) is 5.65. The fraction of sp³-hybridized carbons (Fsp3) is 0.312. The number of pyridine rings is 1. The summed E-state index contributed by atoms with van der Waals surface area (Å²) in [6.07, 6.45) is 3.58. The maximum Gasteiger partial charge on any atom is 0.297 e. The van der Waals surface area contributed by atoms with E-state index in [-0.39, 0.29) is 11.5 Å². The Morgan fingerprint density at radius 1 is 1.23 bits per heavy atom. The smallest absolute Gasteiger partial charge is 0.297 e. The molecule has 1 atom stereocenters. The van der Waals surface area contributed by atoms with Gasteiger partial charge in [-0.1, -0.05) is 23.8 Å². The van der Waals surface area contributed by atoms with E-state index >= 15 is 0 Å². The molecule has 0 saturated carbocycles. The lowest BCUT2D eigenvalue weighted by Crippen LogP contribution is -2.19. The molecular weight excluding hydrogens is 302 g/mol. The third kappa shape index (κ3) is 4.91. The lowest BCUT2D eigenvalue weighted by Gasteiger charge is -2.11. The van der Waals surface area contributed by atoms with Gasteiger partial charge in [0.2, 0.25) is 0 Å². The van der Waals surface area contributed by atoms with Crippen LogP contribution in [0.5, 0.6) is 0 Å². The van der Waals surface area contributed by atoms with E-state index in [0.717, 1.165) is 11.1 Å². The standard InChI is InChI=1S/C16H19NO4S/c1-13-4-8-16(9-5-13)22(19,20)21-12-15(18)7-6-14-3-2-10-17-11-14/h2-5,8-11,15,18H,6-7,12H2,1H3/t15-/m0/s1. The summed E-state index contributed by atoms with van der Waals surface area (Å²) in [5, 5.41) is 9.85. The summed E-state index contributed by atoms with van der Waals surface area (Å²) in [6.45, 7) is 1.62. The van der Waals surface area contributed by atoms with Gasteiger partial charge < -0.3 is 5.11 Å². The molecule has 0 fully saturated rings. The molecule has 1 N–H and O–H groups in total. The molecule has 0 aliphatic carbocycles. The lowest BCUT2D eigenvalue weighted by atomic mass is 10.1. The summed E-state index contributed by atoms with van der Waals surface area (Å²) in [6, 6.07) is 10.1. The minimum atomic E-state index is -3.83. The molecule has 2 rings (SSSR count). The Morgan fingerprint density at radius 2 is 1.95 bits per heavy atom. The highest BCUT2D eigenvalue weighted by atomic mass is 32.2. The van der Waals surface area contributed by atoms with E-state index in [2.05, 4.69) is 4.98 Å². The van der Waals surface area contributed by atoms with Crippen molar-refractivity contribution in [1.29, 1.82) is 0 Å². The number of aryl methyl sites for hydroxylation is 2. The van der Waals surface area contributed by atoms with Crippen LogP contribution in [-0.2, 0) is 20.7 Å². The Hall–Kier alpha value is -1.76. The van der Waals surface area contributed by atoms with Crippen molar-refractivity contribution in [3.8, 4) is 0 Å². The van der Waals surface area contributed by atoms with Crippen LogP contribution in [0.4, 0.5) is 0 Å². The molecule has 5 nitrogen and oxygen atoms in total. The van der Waals surface area contributed by atoms with Gasteiger partial charge >= 0.3 is 0 Å². The molecule has 1 heterocycles. The molecule has 0 unspecified atom stereocenters. The van der Waals surface area contributed by atoms with Crippen LogP contribution in [0.1, 0.15) is 17.5 Å². The Morgan fingerprint density at radius 3 is 2.59 bits per heavy atom. The molecule has 0 aliphatic rings. The summed E-state index contributed by atoms with van der Waals surface area (Å²) < 4.78 is 28.9. The van der Waals surface area contributed by atoms with E-state index in [1.165, 1.54) is 12.1 Å². The van der Waals surface area contributed by atoms with Crippen LogP contribution in [0, 0.1) is 6.92 Å². The van der Waals surface area contributed by atoms with E-state index < -0.39 is 16.2 Å².